The number of carbonyl (C=O) groups excluding carboxylic acids is 1. The van der Waals surface area contributed by atoms with Crippen LogP contribution in [0.3, 0.4) is 0 Å². The number of hydrogen-bond acceptors (Lipinski definition) is 5. The van der Waals surface area contributed by atoms with E-state index < -0.39 is 0 Å². The molecule has 142 valence electrons. The highest BCUT2D eigenvalue weighted by Crippen LogP contribution is 2.22. The van der Waals surface area contributed by atoms with Crippen molar-refractivity contribution in [2.24, 2.45) is 0 Å². The van der Waals surface area contributed by atoms with Crippen LogP contribution in [0.15, 0.2) is 36.7 Å². The Bertz CT molecular complexity index is 771. The minimum Gasteiger partial charge on any atom is -0.351 e. The van der Waals surface area contributed by atoms with Crippen molar-refractivity contribution in [3.63, 3.8) is 0 Å². The minimum atomic E-state index is 0.0414. The average Bonchev–Trinajstić information content (AvgIpc) is 2.74. The van der Waals surface area contributed by atoms with E-state index in [4.69, 9.17) is 0 Å². The van der Waals surface area contributed by atoms with Crippen molar-refractivity contribution in [2.75, 3.05) is 44.2 Å². The van der Waals surface area contributed by atoms with E-state index >= 15 is 0 Å². The lowest BCUT2D eigenvalue weighted by atomic mass is 9.90. The third-order valence-electron chi connectivity index (χ3n) is 5.53. The van der Waals surface area contributed by atoms with Crippen LogP contribution >= 0.6 is 0 Å². The first kappa shape index (κ1) is 17.9. The summed E-state index contributed by atoms with van der Waals surface area (Å²) < 4.78 is 0. The largest absolute Gasteiger partial charge is 0.351 e. The molecule has 0 spiro atoms. The lowest BCUT2D eigenvalue weighted by molar-refractivity contribution is 0.0947. The fourth-order valence-electron chi connectivity index (χ4n) is 3.93. The van der Waals surface area contributed by atoms with Gasteiger partial charge < -0.3 is 10.2 Å². The Kier molecular flexibility index (Phi) is 5.63. The van der Waals surface area contributed by atoms with Crippen molar-refractivity contribution in [1.82, 2.24) is 20.2 Å². The maximum absolute atomic E-state index is 12.5. The number of piperazine rings is 1. The number of carbonyl (C=O) groups is 1. The topological polar surface area (TPSA) is 61.4 Å². The smallest absolute Gasteiger partial charge is 0.251 e. The van der Waals surface area contributed by atoms with Crippen molar-refractivity contribution in [3.05, 3.63) is 53.3 Å². The number of hydrogen-bond donors (Lipinski definition) is 1. The predicted molar refractivity (Wildman–Crippen MR) is 106 cm³/mol. The standard InChI is InChI=1S/C21H27N5O/c27-20(19-7-6-17-4-1-2-5-18(17)16-19)22-10-11-25-12-14-26(15-13-25)21-23-8-3-9-24-21/h3,6-9,16H,1-2,4-5,10-15H2,(H,22,27). The Labute approximate surface area is 160 Å². The van der Waals surface area contributed by atoms with E-state index in [0.717, 1.165) is 57.1 Å². The van der Waals surface area contributed by atoms with E-state index in [1.807, 2.05) is 12.1 Å². The van der Waals surface area contributed by atoms with Crippen molar-refractivity contribution >= 4 is 11.9 Å². The zero-order chi connectivity index (χ0) is 18.5. The van der Waals surface area contributed by atoms with E-state index in [1.54, 1.807) is 12.4 Å². The second-order valence-corrected chi connectivity index (χ2v) is 7.32. The van der Waals surface area contributed by atoms with Crippen LogP contribution in [0, 0.1) is 0 Å². The number of aryl methyl sites for hydroxylation is 2. The molecule has 2 aliphatic rings. The van der Waals surface area contributed by atoms with E-state index in [2.05, 4.69) is 37.2 Å². The summed E-state index contributed by atoms with van der Waals surface area (Å²) >= 11 is 0. The summed E-state index contributed by atoms with van der Waals surface area (Å²) in [7, 11) is 0. The molecular formula is C21H27N5O. The van der Waals surface area contributed by atoms with Crippen molar-refractivity contribution in [2.45, 2.75) is 25.7 Å². The average molecular weight is 365 g/mol. The van der Waals surface area contributed by atoms with Gasteiger partial charge in [0.05, 0.1) is 0 Å². The first-order valence-electron chi connectivity index (χ1n) is 9.94. The van der Waals surface area contributed by atoms with Gasteiger partial charge in [-0.15, -0.1) is 0 Å². The summed E-state index contributed by atoms with van der Waals surface area (Å²) in [5.74, 6) is 0.845. The molecule has 0 unspecified atom stereocenters. The van der Waals surface area contributed by atoms with Gasteiger partial charge in [-0.05, 0) is 55.0 Å². The molecule has 1 aromatic carbocycles. The highest BCUT2D eigenvalue weighted by Gasteiger charge is 2.18. The van der Waals surface area contributed by atoms with Crippen LogP contribution in [0.2, 0.25) is 0 Å². The van der Waals surface area contributed by atoms with Gasteiger partial charge >= 0.3 is 0 Å². The van der Waals surface area contributed by atoms with Crippen LogP contribution < -0.4 is 10.2 Å². The monoisotopic (exact) mass is 365 g/mol. The van der Waals surface area contributed by atoms with Gasteiger partial charge in [-0.25, -0.2) is 9.97 Å². The van der Waals surface area contributed by atoms with Gasteiger partial charge in [0.25, 0.3) is 5.91 Å². The molecule has 2 heterocycles. The molecule has 1 fully saturated rings. The molecule has 6 nitrogen and oxygen atoms in total. The first-order valence-corrected chi connectivity index (χ1v) is 9.94. The van der Waals surface area contributed by atoms with Gasteiger partial charge in [0.1, 0.15) is 0 Å². The summed E-state index contributed by atoms with van der Waals surface area (Å²) in [6, 6.07) is 8.03. The maximum atomic E-state index is 12.5. The number of aromatic nitrogens is 2. The summed E-state index contributed by atoms with van der Waals surface area (Å²) in [5.41, 5.74) is 3.56. The molecule has 1 aliphatic heterocycles. The van der Waals surface area contributed by atoms with Crippen LogP contribution in [0.4, 0.5) is 5.95 Å². The third-order valence-corrected chi connectivity index (χ3v) is 5.53. The van der Waals surface area contributed by atoms with Crippen LogP contribution in [0.25, 0.3) is 0 Å². The Hall–Kier alpha value is -2.47. The zero-order valence-corrected chi connectivity index (χ0v) is 15.7. The van der Waals surface area contributed by atoms with Gasteiger partial charge in [0.15, 0.2) is 0 Å². The van der Waals surface area contributed by atoms with Crippen LogP contribution in [0.1, 0.15) is 34.3 Å². The SMILES string of the molecule is O=C(NCCN1CCN(c2ncccn2)CC1)c1ccc2c(c1)CCCC2. The molecule has 0 radical (unpaired) electrons. The second kappa shape index (κ2) is 8.48. The fourth-order valence-corrected chi connectivity index (χ4v) is 3.93. The van der Waals surface area contributed by atoms with Gasteiger partial charge in [-0.1, -0.05) is 6.07 Å². The maximum Gasteiger partial charge on any atom is 0.251 e. The molecule has 1 aliphatic carbocycles. The van der Waals surface area contributed by atoms with Gasteiger partial charge in [0, 0.05) is 57.2 Å². The Balaban J connectivity index is 1.22. The fraction of sp³-hybridized carbons (Fsp3) is 0.476. The van der Waals surface area contributed by atoms with Crippen molar-refractivity contribution in [3.8, 4) is 0 Å². The molecule has 6 heteroatoms. The summed E-state index contributed by atoms with van der Waals surface area (Å²) in [5, 5.41) is 3.08. The molecule has 1 aromatic heterocycles. The molecule has 1 saturated heterocycles. The Morgan fingerprint density at radius 1 is 1.00 bits per heavy atom. The minimum absolute atomic E-state index is 0.0414. The summed E-state index contributed by atoms with van der Waals surface area (Å²) in [4.78, 5) is 25.7. The molecule has 4 rings (SSSR count). The van der Waals surface area contributed by atoms with E-state index in [1.165, 1.54) is 24.0 Å². The Morgan fingerprint density at radius 3 is 2.52 bits per heavy atom. The van der Waals surface area contributed by atoms with Gasteiger partial charge in [-0.2, -0.15) is 0 Å². The number of nitrogens with zero attached hydrogens (tertiary/aromatic N) is 4. The number of fused-ring (bicyclic) bond motifs is 1. The highest BCUT2D eigenvalue weighted by atomic mass is 16.1. The molecule has 1 amide bonds. The Morgan fingerprint density at radius 2 is 1.74 bits per heavy atom. The normalized spacial score (nSPS) is 17.4. The second-order valence-electron chi connectivity index (χ2n) is 7.32. The zero-order valence-electron chi connectivity index (χ0n) is 15.7. The van der Waals surface area contributed by atoms with E-state index in [-0.39, 0.29) is 5.91 Å². The highest BCUT2D eigenvalue weighted by molar-refractivity contribution is 5.94. The van der Waals surface area contributed by atoms with Crippen LogP contribution in [-0.4, -0.2) is 60.0 Å². The molecular weight excluding hydrogens is 338 g/mol. The lowest BCUT2D eigenvalue weighted by Crippen LogP contribution is -2.49. The van der Waals surface area contributed by atoms with E-state index in [0.29, 0.717) is 6.54 Å². The first-order chi connectivity index (χ1) is 13.3. The molecule has 27 heavy (non-hydrogen) atoms. The van der Waals surface area contributed by atoms with Gasteiger partial charge in [-0.3, -0.25) is 9.69 Å². The van der Waals surface area contributed by atoms with Crippen molar-refractivity contribution in [1.29, 1.82) is 0 Å². The van der Waals surface area contributed by atoms with E-state index in [9.17, 15) is 4.79 Å². The number of rotatable bonds is 5. The molecule has 0 bridgehead atoms. The molecule has 2 aromatic rings. The molecule has 0 saturated carbocycles. The molecule has 0 atom stereocenters. The predicted octanol–water partition coefficient (Wildman–Crippen LogP) is 1.91. The molecule has 1 N–H and O–H groups in total. The number of benzene rings is 1. The van der Waals surface area contributed by atoms with Gasteiger partial charge in [0.2, 0.25) is 5.95 Å². The lowest BCUT2D eigenvalue weighted by Gasteiger charge is -2.34. The van der Waals surface area contributed by atoms with Crippen LogP contribution in [0.5, 0.6) is 0 Å². The number of nitrogens with one attached hydrogen (secondary N) is 1. The number of amides is 1. The number of anilines is 1. The quantitative estimate of drug-likeness (QED) is 0.877. The third kappa shape index (κ3) is 4.45. The summed E-state index contributed by atoms with van der Waals surface area (Å²) in [6.45, 7) is 5.32. The van der Waals surface area contributed by atoms with Crippen LogP contribution in [-0.2, 0) is 12.8 Å². The summed E-state index contributed by atoms with van der Waals surface area (Å²) in [6.07, 6.45) is 8.32. The van der Waals surface area contributed by atoms with Crippen molar-refractivity contribution < 1.29 is 4.79 Å².